The summed E-state index contributed by atoms with van der Waals surface area (Å²) in [6.45, 7) is 0. The van der Waals surface area contributed by atoms with Gasteiger partial charge >= 0.3 is 5.97 Å². The average Bonchev–Trinajstić information content (AvgIpc) is 2.54. The van der Waals surface area contributed by atoms with Crippen molar-refractivity contribution in [1.29, 1.82) is 0 Å². The van der Waals surface area contributed by atoms with Crippen molar-refractivity contribution in [2.24, 2.45) is 0 Å². The van der Waals surface area contributed by atoms with Crippen LogP contribution in [-0.2, 0) is 0 Å². The first-order chi connectivity index (χ1) is 10.8. The number of benzene rings is 2. The Kier molecular flexibility index (Phi) is 4.30. The zero-order chi connectivity index (χ0) is 17.3. The fourth-order valence-corrected chi connectivity index (χ4v) is 1.76. The van der Waals surface area contributed by atoms with Crippen LogP contribution in [-0.4, -0.2) is 17.0 Å². The van der Waals surface area contributed by atoms with Crippen molar-refractivity contribution in [3.8, 4) is 0 Å². The maximum atomic E-state index is 13.5. The molecule has 1 amide bonds. The third kappa shape index (κ3) is 2.85. The Bertz CT molecular complexity index is 793. The molecule has 23 heavy (non-hydrogen) atoms. The molecule has 0 saturated carbocycles. The summed E-state index contributed by atoms with van der Waals surface area (Å²) in [5.74, 6) is -14.1. The molecule has 0 aliphatic carbocycles. The number of amides is 1. The second-order valence-corrected chi connectivity index (χ2v) is 4.25. The fraction of sp³-hybridized carbons (Fsp3) is 0. The molecular weight excluding hydrogens is 325 g/mol. The predicted octanol–water partition coefficient (Wildman–Crippen LogP) is 3.33. The molecule has 0 unspecified atom stereocenters. The molecule has 0 fully saturated rings. The Balaban J connectivity index is 2.49. The number of halogens is 5. The van der Waals surface area contributed by atoms with Crippen LogP contribution in [0.4, 0.5) is 27.6 Å². The Morgan fingerprint density at radius 1 is 0.783 bits per heavy atom. The van der Waals surface area contributed by atoms with Crippen molar-refractivity contribution in [2.75, 3.05) is 5.32 Å². The zero-order valence-electron chi connectivity index (χ0n) is 11.0. The summed E-state index contributed by atoms with van der Waals surface area (Å²) in [6.07, 6.45) is 0. The van der Waals surface area contributed by atoms with Crippen LogP contribution in [0.1, 0.15) is 20.7 Å². The number of carboxylic acid groups (broad SMARTS) is 1. The van der Waals surface area contributed by atoms with Gasteiger partial charge in [0.1, 0.15) is 5.69 Å². The smallest absolute Gasteiger partial charge is 0.336 e. The Morgan fingerprint density at radius 2 is 1.22 bits per heavy atom. The van der Waals surface area contributed by atoms with Gasteiger partial charge in [0.25, 0.3) is 5.91 Å². The summed E-state index contributed by atoms with van der Waals surface area (Å²) in [4.78, 5) is 22.9. The third-order valence-electron chi connectivity index (χ3n) is 2.85. The number of nitrogens with one attached hydrogen (secondary N) is 1. The monoisotopic (exact) mass is 331 g/mol. The summed E-state index contributed by atoms with van der Waals surface area (Å²) in [7, 11) is 0. The van der Waals surface area contributed by atoms with E-state index in [0.29, 0.717) is 0 Å². The van der Waals surface area contributed by atoms with Crippen molar-refractivity contribution in [3.05, 3.63) is 64.5 Å². The SMILES string of the molecule is O=C(O)c1ccccc1C(=O)Nc1c(F)c(F)c(F)c(F)c1F. The molecule has 0 aliphatic rings. The summed E-state index contributed by atoms with van der Waals surface area (Å²) in [6, 6.07) is 4.61. The number of carbonyl (C=O) groups excluding carboxylic acids is 1. The van der Waals surface area contributed by atoms with Crippen molar-refractivity contribution < 1.29 is 36.6 Å². The molecule has 2 aromatic carbocycles. The molecule has 9 heteroatoms. The van der Waals surface area contributed by atoms with E-state index in [0.717, 1.165) is 12.1 Å². The number of hydrogen-bond acceptors (Lipinski definition) is 2. The molecular formula is C14H6F5NO3. The van der Waals surface area contributed by atoms with Crippen LogP contribution in [0.3, 0.4) is 0 Å². The molecule has 0 heterocycles. The molecule has 0 radical (unpaired) electrons. The summed E-state index contributed by atoms with van der Waals surface area (Å²) in [5, 5.41) is 10.4. The predicted molar refractivity (Wildman–Crippen MR) is 67.6 cm³/mol. The highest BCUT2D eigenvalue weighted by atomic mass is 19.2. The van der Waals surface area contributed by atoms with E-state index in [4.69, 9.17) is 5.11 Å². The van der Waals surface area contributed by atoms with E-state index < -0.39 is 57.8 Å². The van der Waals surface area contributed by atoms with Gasteiger partial charge in [0.15, 0.2) is 23.3 Å². The van der Waals surface area contributed by atoms with E-state index in [1.54, 1.807) is 0 Å². The minimum atomic E-state index is -2.37. The van der Waals surface area contributed by atoms with Crippen molar-refractivity contribution in [3.63, 3.8) is 0 Å². The highest BCUT2D eigenvalue weighted by molar-refractivity contribution is 6.10. The Morgan fingerprint density at radius 3 is 1.70 bits per heavy atom. The first-order valence-electron chi connectivity index (χ1n) is 5.90. The molecule has 0 aliphatic heterocycles. The number of rotatable bonds is 3. The van der Waals surface area contributed by atoms with Crippen LogP contribution in [0.15, 0.2) is 24.3 Å². The fourth-order valence-electron chi connectivity index (χ4n) is 1.76. The molecule has 0 saturated heterocycles. The average molecular weight is 331 g/mol. The van der Waals surface area contributed by atoms with Crippen LogP contribution in [0.5, 0.6) is 0 Å². The minimum Gasteiger partial charge on any atom is -0.478 e. The summed E-state index contributed by atoms with van der Waals surface area (Å²) >= 11 is 0. The normalized spacial score (nSPS) is 10.5. The van der Waals surface area contributed by atoms with E-state index in [1.165, 1.54) is 17.4 Å². The zero-order valence-corrected chi connectivity index (χ0v) is 11.0. The van der Waals surface area contributed by atoms with Gasteiger partial charge in [-0.3, -0.25) is 4.79 Å². The van der Waals surface area contributed by atoms with E-state index in [2.05, 4.69) is 0 Å². The first-order valence-corrected chi connectivity index (χ1v) is 5.90. The molecule has 2 aromatic rings. The van der Waals surface area contributed by atoms with E-state index in [-0.39, 0.29) is 0 Å². The highest BCUT2D eigenvalue weighted by Gasteiger charge is 2.27. The van der Waals surface area contributed by atoms with Crippen molar-refractivity contribution in [1.82, 2.24) is 0 Å². The molecule has 120 valence electrons. The quantitative estimate of drug-likeness (QED) is 0.515. The molecule has 0 spiro atoms. The summed E-state index contributed by atoms with van der Waals surface area (Å²) < 4.78 is 66.0. The van der Waals surface area contributed by atoms with Gasteiger partial charge in [-0.25, -0.2) is 26.7 Å². The van der Waals surface area contributed by atoms with Crippen LogP contribution >= 0.6 is 0 Å². The summed E-state index contributed by atoms with van der Waals surface area (Å²) in [5.41, 5.74) is -2.58. The standard InChI is InChI=1S/C14H6F5NO3/c15-7-8(16)10(18)12(11(19)9(7)17)20-13(21)5-3-1-2-4-6(5)14(22)23/h1-4H,(H,20,21)(H,22,23). The van der Waals surface area contributed by atoms with Crippen molar-refractivity contribution >= 4 is 17.6 Å². The van der Waals surface area contributed by atoms with Gasteiger partial charge in [0.2, 0.25) is 5.82 Å². The van der Waals surface area contributed by atoms with Gasteiger partial charge in [-0.15, -0.1) is 0 Å². The lowest BCUT2D eigenvalue weighted by Crippen LogP contribution is -2.19. The topological polar surface area (TPSA) is 66.4 Å². The van der Waals surface area contributed by atoms with Gasteiger partial charge in [0.05, 0.1) is 11.1 Å². The minimum absolute atomic E-state index is 0.506. The lowest BCUT2D eigenvalue weighted by Gasteiger charge is -2.11. The molecule has 2 N–H and O–H groups in total. The van der Waals surface area contributed by atoms with Crippen LogP contribution in [0.2, 0.25) is 0 Å². The molecule has 2 rings (SSSR count). The lowest BCUT2D eigenvalue weighted by atomic mass is 10.1. The molecule has 0 bridgehead atoms. The van der Waals surface area contributed by atoms with Gasteiger partial charge in [-0.2, -0.15) is 0 Å². The number of hydrogen-bond donors (Lipinski definition) is 2. The number of aromatic carboxylic acids is 1. The van der Waals surface area contributed by atoms with E-state index >= 15 is 0 Å². The number of anilines is 1. The van der Waals surface area contributed by atoms with E-state index in [9.17, 15) is 31.5 Å². The lowest BCUT2D eigenvalue weighted by molar-refractivity contribution is 0.0692. The van der Waals surface area contributed by atoms with Gasteiger partial charge in [-0.05, 0) is 12.1 Å². The largest absolute Gasteiger partial charge is 0.478 e. The van der Waals surface area contributed by atoms with Crippen molar-refractivity contribution in [2.45, 2.75) is 0 Å². The maximum absolute atomic E-state index is 13.5. The molecule has 4 nitrogen and oxygen atoms in total. The van der Waals surface area contributed by atoms with Gasteiger partial charge < -0.3 is 10.4 Å². The number of carboxylic acids is 1. The second-order valence-electron chi connectivity index (χ2n) is 4.25. The Labute approximate surface area is 125 Å². The van der Waals surface area contributed by atoms with Gasteiger partial charge in [0, 0.05) is 0 Å². The third-order valence-corrected chi connectivity index (χ3v) is 2.85. The second kappa shape index (κ2) is 6.03. The van der Waals surface area contributed by atoms with Crippen LogP contribution in [0.25, 0.3) is 0 Å². The Hall–Kier alpha value is -2.97. The first kappa shape index (κ1) is 16.4. The molecule has 0 atom stereocenters. The van der Waals surface area contributed by atoms with E-state index in [1.807, 2.05) is 0 Å². The van der Waals surface area contributed by atoms with Crippen LogP contribution < -0.4 is 5.32 Å². The maximum Gasteiger partial charge on any atom is 0.336 e. The molecule has 0 aromatic heterocycles. The highest BCUT2D eigenvalue weighted by Crippen LogP contribution is 2.27. The number of carbonyl (C=O) groups is 2. The van der Waals surface area contributed by atoms with Gasteiger partial charge in [-0.1, -0.05) is 12.1 Å². The van der Waals surface area contributed by atoms with Crippen LogP contribution in [0, 0.1) is 29.1 Å².